The van der Waals surface area contributed by atoms with E-state index >= 15 is 0 Å². The maximum Gasteiger partial charge on any atom is 0.236 e. The molecule has 0 radical (unpaired) electrons. The number of piperidine rings is 1. The number of amides is 2. The first-order chi connectivity index (χ1) is 7.06. The van der Waals surface area contributed by atoms with E-state index < -0.39 is 5.92 Å². The lowest BCUT2D eigenvalue weighted by Gasteiger charge is -2.28. The quantitative estimate of drug-likeness (QED) is 0.703. The number of likely N-dealkylation sites (tertiary alicyclic amines) is 1. The minimum atomic E-state index is -0.521. The Hall–Kier alpha value is -1.32. The van der Waals surface area contributed by atoms with Crippen LogP contribution in [-0.2, 0) is 9.59 Å². The van der Waals surface area contributed by atoms with Gasteiger partial charge >= 0.3 is 0 Å². The molecule has 4 nitrogen and oxygen atoms in total. The van der Waals surface area contributed by atoms with E-state index in [0.717, 1.165) is 13.0 Å². The van der Waals surface area contributed by atoms with Crippen molar-refractivity contribution in [3.05, 3.63) is 12.3 Å². The maximum absolute atomic E-state index is 11.7. The van der Waals surface area contributed by atoms with Crippen LogP contribution in [0.2, 0.25) is 0 Å². The van der Waals surface area contributed by atoms with E-state index in [9.17, 15) is 9.59 Å². The molecule has 4 heteroatoms. The molecule has 0 aliphatic carbocycles. The van der Waals surface area contributed by atoms with Gasteiger partial charge in [-0.2, -0.15) is 0 Å². The van der Waals surface area contributed by atoms with E-state index in [1.165, 1.54) is 0 Å². The fourth-order valence-electron chi connectivity index (χ4n) is 1.63. The molecule has 1 unspecified atom stereocenters. The summed E-state index contributed by atoms with van der Waals surface area (Å²) < 4.78 is 0. The highest BCUT2D eigenvalue weighted by atomic mass is 16.2. The van der Waals surface area contributed by atoms with Crippen molar-refractivity contribution in [1.82, 2.24) is 10.2 Å². The minimum absolute atomic E-state index is 0.0809. The molecular weight excluding hydrogens is 192 g/mol. The van der Waals surface area contributed by atoms with Crippen molar-refractivity contribution in [3.63, 3.8) is 0 Å². The molecule has 2 amide bonds. The number of carbonyl (C=O) groups excluding carboxylic acids is 2. The lowest BCUT2D eigenvalue weighted by molar-refractivity contribution is -0.143. The van der Waals surface area contributed by atoms with Crippen LogP contribution in [0, 0.1) is 5.92 Å². The number of hydrogen-bond acceptors (Lipinski definition) is 2. The number of hydrogen-bond donors (Lipinski definition) is 1. The van der Waals surface area contributed by atoms with Gasteiger partial charge in [-0.05, 0) is 19.3 Å². The molecule has 1 fully saturated rings. The minimum Gasteiger partial charge on any atom is -0.345 e. The molecule has 1 aliphatic rings. The topological polar surface area (TPSA) is 49.4 Å². The summed E-state index contributed by atoms with van der Waals surface area (Å²) in [6.45, 7) is 6.36. The molecule has 1 rings (SSSR count). The second-order valence-corrected chi connectivity index (χ2v) is 3.90. The van der Waals surface area contributed by atoms with E-state index in [-0.39, 0.29) is 11.8 Å². The number of nitrogens with zero attached hydrogens (tertiary/aromatic N) is 1. The summed E-state index contributed by atoms with van der Waals surface area (Å²) in [4.78, 5) is 25.0. The standard InChI is InChI=1S/C11H18N2O2/c1-4-8(2)12-10(14)9-6-5-7-13(3)11(9)15/h9H,2,4-7H2,1,3H3,(H,12,14). The molecule has 1 N–H and O–H groups in total. The van der Waals surface area contributed by atoms with Crippen molar-refractivity contribution in [2.75, 3.05) is 13.6 Å². The Kier molecular flexibility index (Phi) is 3.88. The van der Waals surface area contributed by atoms with Crippen LogP contribution < -0.4 is 5.32 Å². The summed E-state index contributed by atoms with van der Waals surface area (Å²) in [5.41, 5.74) is 0.668. The number of nitrogens with one attached hydrogen (secondary N) is 1. The summed E-state index contributed by atoms with van der Waals surface area (Å²) in [6, 6.07) is 0. The van der Waals surface area contributed by atoms with Crippen LogP contribution in [0.3, 0.4) is 0 Å². The molecule has 0 aromatic carbocycles. The van der Waals surface area contributed by atoms with Crippen LogP contribution in [0.4, 0.5) is 0 Å². The molecular formula is C11H18N2O2. The van der Waals surface area contributed by atoms with Crippen LogP contribution in [0.5, 0.6) is 0 Å². The number of rotatable bonds is 3. The maximum atomic E-state index is 11.7. The van der Waals surface area contributed by atoms with Gasteiger partial charge in [0.25, 0.3) is 0 Å². The van der Waals surface area contributed by atoms with E-state index in [0.29, 0.717) is 18.5 Å². The predicted molar refractivity (Wildman–Crippen MR) is 57.9 cm³/mol. The highest BCUT2D eigenvalue weighted by molar-refractivity contribution is 6.01. The largest absolute Gasteiger partial charge is 0.345 e. The summed E-state index contributed by atoms with van der Waals surface area (Å²) in [7, 11) is 1.73. The van der Waals surface area contributed by atoms with E-state index in [1.54, 1.807) is 11.9 Å². The van der Waals surface area contributed by atoms with Gasteiger partial charge in [-0.1, -0.05) is 13.5 Å². The van der Waals surface area contributed by atoms with Gasteiger partial charge in [0.1, 0.15) is 5.92 Å². The van der Waals surface area contributed by atoms with Gasteiger partial charge in [0.2, 0.25) is 11.8 Å². The first-order valence-corrected chi connectivity index (χ1v) is 5.30. The summed E-state index contributed by atoms with van der Waals surface area (Å²) in [5, 5.41) is 2.67. The van der Waals surface area contributed by atoms with Crippen molar-refractivity contribution in [1.29, 1.82) is 0 Å². The zero-order valence-electron chi connectivity index (χ0n) is 9.38. The molecule has 1 aliphatic heterocycles. The van der Waals surface area contributed by atoms with E-state index in [1.807, 2.05) is 6.92 Å². The lowest BCUT2D eigenvalue weighted by Crippen LogP contribution is -2.45. The van der Waals surface area contributed by atoms with Gasteiger partial charge in [-0.15, -0.1) is 0 Å². The second-order valence-electron chi connectivity index (χ2n) is 3.90. The van der Waals surface area contributed by atoms with Crippen LogP contribution >= 0.6 is 0 Å². The number of carbonyl (C=O) groups is 2. The molecule has 0 aromatic heterocycles. The molecule has 1 heterocycles. The fraction of sp³-hybridized carbons (Fsp3) is 0.636. The second kappa shape index (κ2) is 4.96. The summed E-state index contributed by atoms with van der Waals surface area (Å²) in [5.74, 6) is -0.812. The highest BCUT2D eigenvalue weighted by Crippen LogP contribution is 2.17. The molecule has 0 saturated carbocycles. The zero-order chi connectivity index (χ0) is 11.4. The summed E-state index contributed by atoms with van der Waals surface area (Å²) in [6.07, 6.45) is 2.23. The third-order valence-electron chi connectivity index (χ3n) is 2.70. The zero-order valence-corrected chi connectivity index (χ0v) is 9.38. The van der Waals surface area contributed by atoms with Gasteiger partial charge in [0, 0.05) is 19.3 Å². The monoisotopic (exact) mass is 210 g/mol. The molecule has 1 atom stereocenters. The predicted octanol–water partition coefficient (Wildman–Crippen LogP) is 0.895. The van der Waals surface area contributed by atoms with Crippen molar-refractivity contribution in [2.24, 2.45) is 5.92 Å². The van der Waals surface area contributed by atoms with Crippen molar-refractivity contribution in [3.8, 4) is 0 Å². The normalized spacial score (nSPS) is 21.3. The molecule has 84 valence electrons. The molecule has 0 spiro atoms. The van der Waals surface area contributed by atoms with Crippen molar-refractivity contribution >= 4 is 11.8 Å². The average molecular weight is 210 g/mol. The SMILES string of the molecule is C=C(CC)NC(=O)C1CCCN(C)C1=O. The van der Waals surface area contributed by atoms with Crippen molar-refractivity contribution in [2.45, 2.75) is 26.2 Å². The van der Waals surface area contributed by atoms with E-state index in [4.69, 9.17) is 0 Å². The third kappa shape index (κ3) is 2.81. The molecule has 15 heavy (non-hydrogen) atoms. The molecule has 1 saturated heterocycles. The third-order valence-corrected chi connectivity index (χ3v) is 2.70. The van der Waals surface area contributed by atoms with Crippen molar-refractivity contribution < 1.29 is 9.59 Å². The molecule has 0 bridgehead atoms. The first-order valence-electron chi connectivity index (χ1n) is 5.30. The highest BCUT2D eigenvalue weighted by Gasteiger charge is 2.32. The van der Waals surface area contributed by atoms with Crippen LogP contribution in [-0.4, -0.2) is 30.3 Å². The Morgan fingerprint density at radius 3 is 2.93 bits per heavy atom. The van der Waals surface area contributed by atoms with Gasteiger partial charge in [-0.25, -0.2) is 0 Å². The molecule has 0 aromatic rings. The Morgan fingerprint density at radius 1 is 1.67 bits per heavy atom. The van der Waals surface area contributed by atoms with Crippen LogP contribution in [0.25, 0.3) is 0 Å². The lowest BCUT2D eigenvalue weighted by atomic mass is 9.96. The van der Waals surface area contributed by atoms with Crippen LogP contribution in [0.15, 0.2) is 12.3 Å². The Labute approximate surface area is 90.3 Å². The van der Waals surface area contributed by atoms with Gasteiger partial charge in [0.15, 0.2) is 0 Å². The van der Waals surface area contributed by atoms with Crippen LogP contribution in [0.1, 0.15) is 26.2 Å². The Bertz CT molecular complexity index is 286. The van der Waals surface area contributed by atoms with E-state index in [2.05, 4.69) is 11.9 Å². The smallest absolute Gasteiger partial charge is 0.236 e. The number of allylic oxidation sites excluding steroid dienone is 1. The summed E-state index contributed by atoms with van der Waals surface area (Å²) >= 11 is 0. The first kappa shape index (κ1) is 11.8. The fourth-order valence-corrected chi connectivity index (χ4v) is 1.63. The van der Waals surface area contributed by atoms with Gasteiger partial charge in [-0.3, -0.25) is 9.59 Å². The average Bonchev–Trinajstić information content (AvgIpc) is 2.21. The Balaban J connectivity index is 2.58. The van der Waals surface area contributed by atoms with Gasteiger partial charge < -0.3 is 10.2 Å². The van der Waals surface area contributed by atoms with Gasteiger partial charge in [0.05, 0.1) is 0 Å². The Morgan fingerprint density at radius 2 is 2.33 bits per heavy atom.